The van der Waals surface area contributed by atoms with Gasteiger partial charge in [-0.05, 0) is 23.7 Å². The van der Waals surface area contributed by atoms with E-state index in [1.54, 1.807) is 12.1 Å². The van der Waals surface area contributed by atoms with Crippen LogP contribution in [0.4, 0.5) is 11.4 Å². The van der Waals surface area contributed by atoms with Crippen LogP contribution in [0, 0.1) is 10.1 Å². The highest BCUT2D eigenvalue weighted by Crippen LogP contribution is 2.15. The Labute approximate surface area is 95.2 Å². The maximum Gasteiger partial charge on any atom is 0.269 e. The first kappa shape index (κ1) is 10.5. The van der Waals surface area contributed by atoms with Crippen LogP contribution in [0.25, 0.3) is 0 Å². The zero-order valence-corrected chi connectivity index (χ0v) is 8.98. The lowest BCUT2D eigenvalue weighted by Gasteiger charge is -2.02. The number of nitro groups is 1. The van der Waals surface area contributed by atoms with Crippen LogP contribution in [-0.4, -0.2) is 14.5 Å². The fourth-order valence-corrected chi connectivity index (χ4v) is 1.61. The zero-order valence-electron chi connectivity index (χ0n) is 8.16. The van der Waals surface area contributed by atoms with Crippen molar-refractivity contribution in [3.8, 4) is 0 Å². The van der Waals surface area contributed by atoms with Crippen molar-refractivity contribution < 1.29 is 4.92 Å². The normalized spacial score (nSPS) is 10.0. The molecule has 0 radical (unpaired) electrons. The SMILES string of the molecule is O=[N+]([O-])c1ccc(NCc2csnn2)cc1. The van der Waals surface area contributed by atoms with E-state index in [0.717, 1.165) is 11.4 Å². The van der Waals surface area contributed by atoms with E-state index in [0.29, 0.717) is 6.54 Å². The van der Waals surface area contributed by atoms with E-state index in [4.69, 9.17) is 0 Å². The summed E-state index contributed by atoms with van der Waals surface area (Å²) in [7, 11) is 0. The van der Waals surface area contributed by atoms with Crippen molar-refractivity contribution >= 4 is 22.9 Å². The minimum Gasteiger partial charge on any atom is -0.379 e. The lowest BCUT2D eigenvalue weighted by atomic mass is 10.3. The van der Waals surface area contributed by atoms with Crippen molar-refractivity contribution in [1.82, 2.24) is 9.59 Å². The number of nitro benzene ring substituents is 1. The molecule has 0 spiro atoms. The second kappa shape index (κ2) is 4.67. The van der Waals surface area contributed by atoms with Gasteiger partial charge >= 0.3 is 0 Å². The minimum atomic E-state index is -0.422. The van der Waals surface area contributed by atoms with Gasteiger partial charge in [-0.15, -0.1) is 5.10 Å². The Balaban J connectivity index is 1.98. The van der Waals surface area contributed by atoms with Gasteiger partial charge in [0.05, 0.1) is 17.2 Å². The van der Waals surface area contributed by atoms with Crippen LogP contribution in [0.5, 0.6) is 0 Å². The first-order valence-corrected chi connectivity index (χ1v) is 5.33. The van der Waals surface area contributed by atoms with Crippen LogP contribution < -0.4 is 5.32 Å². The molecule has 2 rings (SSSR count). The topological polar surface area (TPSA) is 81.0 Å². The second-order valence-corrected chi connectivity index (χ2v) is 3.66. The molecule has 1 aromatic carbocycles. The Morgan fingerprint density at radius 1 is 1.38 bits per heavy atom. The van der Waals surface area contributed by atoms with Crippen molar-refractivity contribution in [2.75, 3.05) is 5.32 Å². The molecule has 0 unspecified atom stereocenters. The maximum atomic E-state index is 10.4. The smallest absolute Gasteiger partial charge is 0.269 e. The molecule has 0 aliphatic rings. The van der Waals surface area contributed by atoms with Gasteiger partial charge in [0.25, 0.3) is 5.69 Å². The Bertz CT molecular complexity index is 469. The van der Waals surface area contributed by atoms with Gasteiger partial charge in [0.2, 0.25) is 0 Å². The Morgan fingerprint density at radius 3 is 2.69 bits per heavy atom. The molecule has 7 heteroatoms. The highest BCUT2D eigenvalue weighted by molar-refractivity contribution is 7.03. The number of aromatic nitrogens is 2. The van der Waals surface area contributed by atoms with Crippen LogP contribution in [0.3, 0.4) is 0 Å². The molecule has 0 bridgehead atoms. The molecule has 0 aliphatic heterocycles. The van der Waals surface area contributed by atoms with Gasteiger partial charge in [0, 0.05) is 23.2 Å². The molecule has 0 saturated carbocycles. The number of rotatable bonds is 4. The first-order valence-electron chi connectivity index (χ1n) is 4.50. The first-order chi connectivity index (χ1) is 7.75. The third kappa shape index (κ3) is 2.51. The third-order valence-corrected chi connectivity index (χ3v) is 2.51. The predicted molar refractivity (Wildman–Crippen MR) is 60.3 cm³/mol. The number of nitrogens with one attached hydrogen (secondary N) is 1. The minimum absolute atomic E-state index is 0.0841. The molecule has 6 nitrogen and oxygen atoms in total. The molecule has 0 atom stereocenters. The Kier molecular flexibility index (Phi) is 3.06. The summed E-state index contributed by atoms with van der Waals surface area (Å²) >= 11 is 1.29. The number of hydrogen-bond acceptors (Lipinski definition) is 6. The quantitative estimate of drug-likeness (QED) is 0.649. The summed E-state index contributed by atoms with van der Waals surface area (Å²) < 4.78 is 3.73. The highest BCUT2D eigenvalue weighted by Gasteiger charge is 2.03. The Morgan fingerprint density at radius 2 is 2.12 bits per heavy atom. The summed E-state index contributed by atoms with van der Waals surface area (Å²) in [6.07, 6.45) is 0. The number of hydrogen-bond donors (Lipinski definition) is 1. The van der Waals surface area contributed by atoms with E-state index in [1.807, 2.05) is 5.38 Å². The predicted octanol–water partition coefficient (Wildman–Crippen LogP) is 2.06. The molecular formula is C9H8N4O2S. The number of anilines is 1. The van der Waals surface area contributed by atoms with Gasteiger partial charge in [0.15, 0.2) is 0 Å². The van der Waals surface area contributed by atoms with Gasteiger partial charge in [-0.25, -0.2) is 0 Å². The van der Waals surface area contributed by atoms with Crippen molar-refractivity contribution in [3.63, 3.8) is 0 Å². The molecule has 16 heavy (non-hydrogen) atoms. The van der Waals surface area contributed by atoms with Gasteiger partial charge < -0.3 is 5.32 Å². The number of benzene rings is 1. The molecule has 0 amide bonds. The molecule has 2 aromatic rings. The van der Waals surface area contributed by atoms with E-state index in [2.05, 4.69) is 14.9 Å². The van der Waals surface area contributed by atoms with E-state index in [-0.39, 0.29) is 5.69 Å². The van der Waals surface area contributed by atoms with Gasteiger partial charge in [-0.1, -0.05) is 4.49 Å². The Hall–Kier alpha value is -2.02. The fourth-order valence-electron chi connectivity index (χ4n) is 1.15. The summed E-state index contributed by atoms with van der Waals surface area (Å²) in [5.74, 6) is 0. The fraction of sp³-hybridized carbons (Fsp3) is 0.111. The summed E-state index contributed by atoms with van der Waals surface area (Å²) in [6.45, 7) is 0.564. The van der Waals surface area contributed by atoms with Crippen molar-refractivity contribution in [2.45, 2.75) is 6.54 Å². The van der Waals surface area contributed by atoms with Crippen LogP contribution >= 0.6 is 11.5 Å². The average Bonchev–Trinajstić information content (AvgIpc) is 2.80. The number of nitrogens with zero attached hydrogens (tertiary/aromatic N) is 3. The molecule has 1 heterocycles. The molecule has 82 valence electrons. The van der Waals surface area contributed by atoms with Gasteiger partial charge in [0.1, 0.15) is 0 Å². The number of non-ortho nitro benzene ring substituents is 1. The van der Waals surface area contributed by atoms with E-state index in [1.165, 1.54) is 23.7 Å². The monoisotopic (exact) mass is 236 g/mol. The zero-order chi connectivity index (χ0) is 11.4. The van der Waals surface area contributed by atoms with Crippen molar-refractivity contribution in [3.05, 3.63) is 45.5 Å². The molecular weight excluding hydrogens is 228 g/mol. The summed E-state index contributed by atoms with van der Waals surface area (Å²) in [4.78, 5) is 10.0. The third-order valence-electron chi connectivity index (χ3n) is 1.96. The van der Waals surface area contributed by atoms with Crippen molar-refractivity contribution in [2.24, 2.45) is 0 Å². The summed E-state index contributed by atoms with van der Waals surface area (Å²) in [6, 6.07) is 6.25. The largest absolute Gasteiger partial charge is 0.379 e. The standard InChI is InChI=1S/C9H8N4O2S/c14-13(15)9-3-1-7(2-4-9)10-5-8-6-16-12-11-8/h1-4,6,10H,5H2. The molecule has 0 fully saturated rings. The summed E-state index contributed by atoms with van der Waals surface area (Å²) in [5, 5.41) is 19.2. The maximum absolute atomic E-state index is 10.4. The van der Waals surface area contributed by atoms with E-state index >= 15 is 0 Å². The van der Waals surface area contributed by atoms with E-state index in [9.17, 15) is 10.1 Å². The van der Waals surface area contributed by atoms with Crippen LogP contribution in [0.1, 0.15) is 5.69 Å². The lowest BCUT2D eigenvalue weighted by molar-refractivity contribution is -0.384. The van der Waals surface area contributed by atoms with E-state index < -0.39 is 4.92 Å². The van der Waals surface area contributed by atoms with Gasteiger partial charge in [-0.2, -0.15) is 0 Å². The lowest BCUT2D eigenvalue weighted by Crippen LogP contribution is -1.99. The van der Waals surface area contributed by atoms with Crippen LogP contribution in [0.15, 0.2) is 29.6 Å². The molecule has 0 aliphatic carbocycles. The highest BCUT2D eigenvalue weighted by atomic mass is 32.1. The van der Waals surface area contributed by atoms with Crippen LogP contribution in [-0.2, 0) is 6.54 Å². The molecule has 1 N–H and O–H groups in total. The molecule has 0 saturated heterocycles. The average molecular weight is 236 g/mol. The summed E-state index contributed by atoms with van der Waals surface area (Å²) in [5.41, 5.74) is 1.75. The van der Waals surface area contributed by atoms with Gasteiger partial charge in [-0.3, -0.25) is 10.1 Å². The second-order valence-electron chi connectivity index (χ2n) is 3.05. The van der Waals surface area contributed by atoms with Crippen molar-refractivity contribution in [1.29, 1.82) is 0 Å². The molecule has 1 aromatic heterocycles. The van der Waals surface area contributed by atoms with Crippen LogP contribution in [0.2, 0.25) is 0 Å².